The lowest BCUT2D eigenvalue weighted by molar-refractivity contribution is 0.631. The third-order valence-electron chi connectivity index (χ3n) is 3.77. The van der Waals surface area contributed by atoms with E-state index in [9.17, 15) is 0 Å². The highest BCUT2D eigenvalue weighted by Gasteiger charge is 2.21. The van der Waals surface area contributed by atoms with E-state index >= 15 is 0 Å². The summed E-state index contributed by atoms with van der Waals surface area (Å²) < 4.78 is 5.88. The van der Waals surface area contributed by atoms with Gasteiger partial charge >= 0.3 is 0 Å². The average molecular weight is 308 g/mol. The summed E-state index contributed by atoms with van der Waals surface area (Å²) >= 11 is 5.28. The summed E-state index contributed by atoms with van der Waals surface area (Å²) in [7, 11) is 0. The lowest BCUT2D eigenvalue weighted by Crippen LogP contribution is -2.30. The fourth-order valence-electron chi connectivity index (χ4n) is 2.42. The Kier molecular flexibility index (Phi) is 3.31. The van der Waals surface area contributed by atoms with Crippen molar-refractivity contribution in [2.45, 2.75) is 18.9 Å². The van der Waals surface area contributed by atoms with Gasteiger partial charge in [0.1, 0.15) is 11.3 Å². The van der Waals surface area contributed by atoms with Gasteiger partial charge in [0.05, 0.1) is 0 Å². The quantitative estimate of drug-likeness (QED) is 0.696. The second-order valence-electron chi connectivity index (χ2n) is 5.60. The number of hydrogen-bond donors (Lipinski definition) is 2. The van der Waals surface area contributed by atoms with Crippen LogP contribution in [0, 0.1) is 0 Å². The van der Waals surface area contributed by atoms with Crippen LogP contribution in [-0.2, 0) is 0 Å². The van der Waals surface area contributed by atoms with E-state index in [1.165, 1.54) is 12.8 Å². The average Bonchev–Trinajstić information content (AvgIpc) is 3.23. The van der Waals surface area contributed by atoms with Gasteiger partial charge in [-0.1, -0.05) is 18.2 Å². The van der Waals surface area contributed by atoms with E-state index in [1.54, 1.807) is 0 Å². The Morgan fingerprint density at radius 3 is 2.55 bits per heavy atom. The molecule has 0 bridgehead atoms. The third-order valence-corrected chi connectivity index (χ3v) is 3.99. The van der Waals surface area contributed by atoms with Crippen LogP contribution in [0.25, 0.3) is 22.3 Å². The van der Waals surface area contributed by atoms with Crippen molar-refractivity contribution >= 4 is 34.0 Å². The van der Waals surface area contributed by atoms with E-state index in [1.807, 2.05) is 42.5 Å². The summed E-state index contributed by atoms with van der Waals surface area (Å²) in [5.74, 6) is 0.881. The molecule has 0 amide bonds. The van der Waals surface area contributed by atoms with E-state index in [0.717, 1.165) is 28.0 Å². The smallest absolute Gasteiger partial charge is 0.170 e. The van der Waals surface area contributed by atoms with Crippen LogP contribution in [0.1, 0.15) is 12.8 Å². The number of thiocarbonyl (C=S) groups is 1. The topological polar surface area (TPSA) is 37.2 Å². The van der Waals surface area contributed by atoms with Gasteiger partial charge in [0.2, 0.25) is 0 Å². The fourth-order valence-corrected chi connectivity index (χ4v) is 2.71. The largest absolute Gasteiger partial charge is 0.456 e. The van der Waals surface area contributed by atoms with E-state index in [2.05, 4.69) is 22.8 Å². The molecule has 110 valence electrons. The molecule has 1 aliphatic rings. The molecule has 4 rings (SSSR count). The van der Waals surface area contributed by atoms with Crippen molar-refractivity contribution in [1.29, 1.82) is 0 Å². The van der Waals surface area contributed by atoms with Crippen molar-refractivity contribution in [3.63, 3.8) is 0 Å². The van der Waals surface area contributed by atoms with Crippen molar-refractivity contribution in [1.82, 2.24) is 5.32 Å². The summed E-state index contributed by atoms with van der Waals surface area (Å²) in [5, 5.41) is 8.29. The highest BCUT2D eigenvalue weighted by atomic mass is 32.1. The zero-order valence-corrected chi connectivity index (χ0v) is 12.8. The Balaban J connectivity index is 1.51. The molecule has 3 aromatic rings. The summed E-state index contributed by atoms with van der Waals surface area (Å²) in [6, 6.07) is 18.8. The Morgan fingerprint density at radius 1 is 1.05 bits per heavy atom. The second kappa shape index (κ2) is 5.46. The molecule has 0 spiro atoms. The van der Waals surface area contributed by atoms with E-state index < -0.39 is 0 Å². The van der Waals surface area contributed by atoms with Crippen molar-refractivity contribution in [3.8, 4) is 11.3 Å². The van der Waals surface area contributed by atoms with Gasteiger partial charge in [0.15, 0.2) is 5.11 Å². The predicted octanol–water partition coefficient (Wildman–Crippen LogP) is 4.55. The minimum atomic E-state index is 0.565. The van der Waals surface area contributed by atoms with Crippen LogP contribution in [-0.4, -0.2) is 11.2 Å². The van der Waals surface area contributed by atoms with Crippen molar-refractivity contribution in [3.05, 3.63) is 54.6 Å². The number of fused-ring (bicyclic) bond motifs is 1. The molecule has 1 fully saturated rings. The molecule has 0 radical (unpaired) electrons. The first-order valence-corrected chi connectivity index (χ1v) is 7.85. The summed E-state index contributed by atoms with van der Waals surface area (Å²) in [6.45, 7) is 0. The van der Waals surface area contributed by atoms with Crippen LogP contribution in [0.3, 0.4) is 0 Å². The molecule has 1 aromatic heterocycles. The standard InChI is InChI=1S/C18H16N2OS/c22-18(20-15-9-10-15)19-14-7-5-12(6-8-14)17-11-13-3-1-2-4-16(13)21-17/h1-8,11,15H,9-10H2,(H2,19,20,22). The fraction of sp³-hybridized carbons (Fsp3) is 0.167. The lowest BCUT2D eigenvalue weighted by Gasteiger charge is -2.09. The molecule has 2 aromatic carbocycles. The molecule has 2 N–H and O–H groups in total. The van der Waals surface area contributed by atoms with Crippen LogP contribution in [0.5, 0.6) is 0 Å². The lowest BCUT2D eigenvalue weighted by atomic mass is 10.1. The molecule has 0 saturated heterocycles. The highest BCUT2D eigenvalue weighted by molar-refractivity contribution is 7.80. The zero-order chi connectivity index (χ0) is 14.9. The van der Waals surface area contributed by atoms with Crippen LogP contribution in [0.15, 0.2) is 59.0 Å². The van der Waals surface area contributed by atoms with Gasteiger partial charge in [-0.05, 0) is 61.5 Å². The van der Waals surface area contributed by atoms with Gasteiger partial charge in [0.25, 0.3) is 0 Å². The summed E-state index contributed by atoms with van der Waals surface area (Å²) in [5.41, 5.74) is 2.95. The van der Waals surface area contributed by atoms with Crippen LogP contribution in [0.4, 0.5) is 5.69 Å². The Morgan fingerprint density at radius 2 is 1.82 bits per heavy atom. The molecule has 1 aliphatic carbocycles. The minimum absolute atomic E-state index is 0.565. The van der Waals surface area contributed by atoms with E-state index in [0.29, 0.717) is 11.2 Å². The first-order chi connectivity index (χ1) is 10.8. The second-order valence-corrected chi connectivity index (χ2v) is 6.01. The molecular formula is C18H16N2OS. The number of para-hydroxylation sites is 1. The van der Waals surface area contributed by atoms with Crippen LogP contribution < -0.4 is 10.6 Å². The third kappa shape index (κ3) is 2.83. The number of rotatable bonds is 3. The van der Waals surface area contributed by atoms with Crippen LogP contribution in [0.2, 0.25) is 0 Å². The van der Waals surface area contributed by atoms with Gasteiger partial charge in [-0.2, -0.15) is 0 Å². The Bertz CT molecular complexity index is 785. The molecule has 0 atom stereocenters. The molecule has 22 heavy (non-hydrogen) atoms. The highest BCUT2D eigenvalue weighted by Crippen LogP contribution is 2.28. The van der Waals surface area contributed by atoms with Gasteiger partial charge in [0, 0.05) is 22.7 Å². The molecule has 0 unspecified atom stereocenters. The molecule has 0 aliphatic heterocycles. The summed E-state index contributed by atoms with van der Waals surface area (Å²) in [4.78, 5) is 0. The number of benzene rings is 2. The predicted molar refractivity (Wildman–Crippen MR) is 94.0 cm³/mol. The van der Waals surface area contributed by atoms with E-state index in [-0.39, 0.29) is 0 Å². The first kappa shape index (κ1) is 13.3. The SMILES string of the molecule is S=C(Nc1ccc(-c2cc3ccccc3o2)cc1)NC1CC1. The molecular weight excluding hydrogens is 292 g/mol. The number of nitrogens with one attached hydrogen (secondary N) is 2. The Labute approximate surface area is 134 Å². The molecule has 4 heteroatoms. The minimum Gasteiger partial charge on any atom is -0.456 e. The molecule has 3 nitrogen and oxygen atoms in total. The van der Waals surface area contributed by atoms with Crippen molar-refractivity contribution in [2.24, 2.45) is 0 Å². The van der Waals surface area contributed by atoms with Crippen molar-refractivity contribution in [2.75, 3.05) is 5.32 Å². The van der Waals surface area contributed by atoms with Gasteiger partial charge < -0.3 is 15.1 Å². The Hall–Kier alpha value is -2.33. The maximum absolute atomic E-state index is 5.88. The van der Waals surface area contributed by atoms with Crippen LogP contribution >= 0.6 is 12.2 Å². The maximum atomic E-state index is 5.88. The summed E-state index contributed by atoms with van der Waals surface area (Å²) in [6.07, 6.45) is 2.43. The zero-order valence-electron chi connectivity index (χ0n) is 12.0. The normalized spacial score (nSPS) is 14.0. The molecule has 1 heterocycles. The molecule has 1 saturated carbocycles. The van der Waals surface area contributed by atoms with E-state index in [4.69, 9.17) is 16.6 Å². The monoisotopic (exact) mass is 308 g/mol. The number of anilines is 1. The number of furan rings is 1. The maximum Gasteiger partial charge on any atom is 0.170 e. The van der Waals surface area contributed by atoms with Gasteiger partial charge in [-0.25, -0.2) is 0 Å². The van der Waals surface area contributed by atoms with Gasteiger partial charge in [-0.15, -0.1) is 0 Å². The number of hydrogen-bond acceptors (Lipinski definition) is 2. The first-order valence-electron chi connectivity index (χ1n) is 7.44. The van der Waals surface area contributed by atoms with Gasteiger partial charge in [-0.3, -0.25) is 0 Å². The van der Waals surface area contributed by atoms with Crippen molar-refractivity contribution < 1.29 is 4.42 Å².